The van der Waals surface area contributed by atoms with Gasteiger partial charge in [-0.3, -0.25) is 14.5 Å². The van der Waals surface area contributed by atoms with Gasteiger partial charge < -0.3 is 9.80 Å². The van der Waals surface area contributed by atoms with Gasteiger partial charge >= 0.3 is 6.03 Å². The quantitative estimate of drug-likeness (QED) is 0.664. The first-order valence-corrected chi connectivity index (χ1v) is 9.36. The van der Waals surface area contributed by atoms with E-state index in [4.69, 9.17) is 0 Å². The van der Waals surface area contributed by atoms with Crippen LogP contribution in [0.2, 0.25) is 0 Å². The van der Waals surface area contributed by atoms with E-state index in [0.717, 1.165) is 32.4 Å². The standard InChI is InChI=1S/C18H27N3O3.ClH/c1-10-11(2)14(10)17(23)21-13-6-9-20(15(13)12(3)16(21)22)18(24)19-7-4-5-8-19;/h10-15H,4-9H2,1-3H3;1H/t10?,11?,12-,13-,14?,15+;/m0./s1. The summed E-state index contributed by atoms with van der Waals surface area (Å²) in [4.78, 5) is 43.7. The Bertz CT molecular complexity index is 584. The topological polar surface area (TPSA) is 60.9 Å². The predicted octanol–water partition coefficient (Wildman–Crippen LogP) is 1.97. The molecule has 0 aromatic rings. The van der Waals surface area contributed by atoms with Gasteiger partial charge in [-0.1, -0.05) is 20.8 Å². The minimum atomic E-state index is -0.280. The molecule has 4 amide bonds. The Hall–Kier alpha value is -1.30. The van der Waals surface area contributed by atoms with Crippen LogP contribution in [0.1, 0.15) is 40.0 Å². The highest BCUT2D eigenvalue weighted by Crippen LogP contribution is 2.49. The number of nitrogens with zero attached hydrogens (tertiary/aromatic N) is 3. The Kier molecular flexibility index (Phi) is 4.77. The average molecular weight is 370 g/mol. The maximum atomic E-state index is 12.9. The second-order valence-electron chi connectivity index (χ2n) is 8.10. The van der Waals surface area contributed by atoms with Crippen molar-refractivity contribution < 1.29 is 14.4 Å². The number of carbonyl (C=O) groups excluding carboxylic acids is 3. The SMILES string of the molecule is CC1C(C)C1C(=O)N1C(=O)[C@@H](C)[C@@H]2[C@@H]1CCN2C(=O)N1CCCC1.Cl. The maximum absolute atomic E-state index is 12.9. The average Bonchev–Trinajstić information content (AvgIpc) is 3.06. The molecule has 1 saturated carbocycles. The maximum Gasteiger partial charge on any atom is 0.320 e. The highest BCUT2D eigenvalue weighted by Gasteiger charge is 2.59. The van der Waals surface area contributed by atoms with E-state index in [0.29, 0.717) is 18.4 Å². The van der Waals surface area contributed by atoms with Crippen molar-refractivity contribution in [2.75, 3.05) is 19.6 Å². The number of hydrogen-bond acceptors (Lipinski definition) is 3. The highest BCUT2D eigenvalue weighted by atomic mass is 35.5. The summed E-state index contributed by atoms with van der Waals surface area (Å²) in [5.41, 5.74) is 0. The van der Waals surface area contributed by atoms with E-state index in [9.17, 15) is 14.4 Å². The molecule has 3 heterocycles. The first-order valence-electron chi connectivity index (χ1n) is 9.36. The number of rotatable bonds is 1. The van der Waals surface area contributed by atoms with Gasteiger partial charge in [-0.15, -0.1) is 12.4 Å². The van der Waals surface area contributed by atoms with Gasteiger partial charge in [0.15, 0.2) is 0 Å². The molecule has 0 radical (unpaired) electrons. The molecule has 5 atom stereocenters. The van der Waals surface area contributed by atoms with Crippen molar-refractivity contribution in [3.8, 4) is 0 Å². The minimum Gasteiger partial charge on any atom is -0.325 e. The van der Waals surface area contributed by atoms with Gasteiger partial charge in [-0.25, -0.2) is 4.79 Å². The van der Waals surface area contributed by atoms with E-state index in [2.05, 4.69) is 13.8 Å². The van der Waals surface area contributed by atoms with Gasteiger partial charge in [0.2, 0.25) is 11.8 Å². The first-order chi connectivity index (χ1) is 11.4. The zero-order valence-electron chi connectivity index (χ0n) is 15.2. The smallest absolute Gasteiger partial charge is 0.320 e. The van der Waals surface area contributed by atoms with Gasteiger partial charge in [-0.2, -0.15) is 0 Å². The van der Waals surface area contributed by atoms with Crippen LogP contribution in [0.5, 0.6) is 0 Å². The summed E-state index contributed by atoms with van der Waals surface area (Å²) in [5.74, 6) is 0.349. The van der Waals surface area contributed by atoms with E-state index in [1.807, 2.05) is 16.7 Å². The normalized spacial score (nSPS) is 39.5. The van der Waals surface area contributed by atoms with Crippen LogP contribution in [-0.2, 0) is 9.59 Å². The van der Waals surface area contributed by atoms with Gasteiger partial charge in [0.1, 0.15) is 0 Å². The van der Waals surface area contributed by atoms with Crippen LogP contribution in [0.3, 0.4) is 0 Å². The van der Waals surface area contributed by atoms with E-state index < -0.39 is 0 Å². The highest BCUT2D eigenvalue weighted by molar-refractivity contribution is 6.01. The fourth-order valence-corrected chi connectivity index (χ4v) is 5.07. The summed E-state index contributed by atoms with van der Waals surface area (Å²) >= 11 is 0. The summed E-state index contributed by atoms with van der Waals surface area (Å²) in [6, 6.07) is -0.201. The second-order valence-corrected chi connectivity index (χ2v) is 8.10. The molecule has 25 heavy (non-hydrogen) atoms. The first kappa shape index (κ1) is 18.5. The fraction of sp³-hybridized carbons (Fsp3) is 0.833. The number of hydrogen-bond donors (Lipinski definition) is 0. The molecule has 0 N–H and O–H groups in total. The lowest BCUT2D eigenvalue weighted by molar-refractivity contribution is -0.146. The third-order valence-electron chi connectivity index (χ3n) is 6.86. The lowest BCUT2D eigenvalue weighted by atomic mass is 10.0. The monoisotopic (exact) mass is 369 g/mol. The largest absolute Gasteiger partial charge is 0.325 e. The van der Waals surface area contributed by atoms with Crippen LogP contribution in [0.15, 0.2) is 0 Å². The molecule has 3 saturated heterocycles. The van der Waals surface area contributed by atoms with Crippen molar-refractivity contribution in [3.05, 3.63) is 0 Å². The zero-order chi connectivity index (χ0) is 17.2. The summed E-state index contributed by atoms with van der Waals surface area (Å²) < 4.78 is 0. The molecule has 4 rings (SSSR count). The van der Waals surface area contributed by atoms with Crippen LogP contribution in [0.4, 0.5) is 4.79 Å². The van der Waals surface area contributed by atoms with Crippen molar-refractivity contribution >= 4 is 30.3 Å². The number of likely N-dealkylation sites (tertiary alicyclic amines) is 3. The summed E-state index contributed by atoms with van der Waals surface area (Å²) in [7, 11) is 0. The lowest BCUT2D eigenvalue weighted by Crippen LogP contribution is -2.48. The number of fused-ring (bicyclic) bond motifs is 1. The summed E-state index contributed by atoms with van der Waals surface area (Å²) in [6.45, 7) is 8.31. The van der Waals surface area contributed by atoms with E-state index in [1.54, 1.807) is 0 Å². The molecular weight excluding hydrogens is 342 g/mol. The number of halogens is 1. The Balaban J connectivity index is 0.00000182. The molecule has 4 fully saturated rings. The van der Waals surface area contributed by atoms with Crippen molar-refractivity contribution in [3.63, 3.8) is 0 Å². The Labute approximate surface area is 155 Å². The van der Waals surface area contributed by atoms with Crippen molar-refractivity contribution in [1.82, 2.24) is 14.7 Å². The molecule has 0 aromatic carbocycles. The predicted molar refractivity (Wildman–Crippen MR) is 95.2 cm³/mol. The molecule has 3 aliphatic heterocycles. The van der Waals surface area contributed by atoms with Gasteiger partial charge in [-0.05, 0) is 31.1 Å². The third kappa shape index (κ3) is 2.64. The number of carbonyl (C=O) groups is 3. The van der Waals surface area contributed by atoms with E-state index in [1.165, 1.54) is 4.90 Å². The lowest BCUT2D eigenvalue weighted by Gasteiger charge is -2.30. The number of urea groups is 1. The molecule has 7 heteroatoms. The molecule has 4 aliphatic rings. The van der Waals surface area contributed by atoms with Crippen LogP contribution in [0, 0.1) is 23.7 Å². The molecule has 2 unspecified atom stereocenters. The molecule has 6 nitrogen and oxygen atoms in total. The number of imide groups is 1. The summed E-state index contributed by atoms with van der Waals surface area (Å²) in [6.07, 6.45) is 2.84. The summed E-state index contributed by atoms with van der Waals surface area (Å²) in [5, 5.41) is 0. The molecule has 1 aliphatic carbocycles. The van der Waals surface area contributed by atoms with Crippen LogP contribution in [0.25, 0.3) is 0 Å². The Morgan fingerprint density at radius 1 is 1.00 bits per heavy atom. The minimum absolute atomic E-state index is 0. The Morgan fingerprint density at radius 2 is 1.60 bits per heavy atom. The molecular formula is C18H28ClN3O3. The van der Waals surface area contributed by atoms with E-state index in [-0.39, 0.29) is 54.2 Å². The van der Waals surface area contributed by atoms with Gasteiger partial charge in [0, 0.05) is 25.6 Å². The second kappa shape index (κ2) is 6.45. The van der Waals surface area contributed by atoms with Crippen molar-refractivity contribution in [1.29, 1.82) is 0 Å². The van der Waals surface area contributed by atoms with Crippen LogP contribution in [-0.4, -0.2) is 64.3 Å². The zero-order valence-corrected chi connectivity index (χ0v) is 16.0. The van der Waals surface area contributed by atoms with Crippen LogP contribution >= 0.6 is 12.4 Å². The number of amides is 4. The van der Waals surface area contributed by atoms with Crippen LogP contribution < -0.4 is 0 Å². The Morgan fingerprint density at radius 3 is 2.16 bits per heavy atom. The van der Waals surface area contributed by atoms with Gasteiger partial charge in [0.25, 0.3) is 0 Å². The molecule has 140 valence electrons. The third-order valence-corrected chi connectivity index (χ3v) is 6.86. The van der Waals surface area contributed by atoms with Gasteiger partial charge in [0.05, 0.1) is 18.0 Å². The van der Waals surface area contributed by atoms with Crippen molar-refractivity contribution in [2.45, 2.75) is 52.1 Å². The van der Waals surface area contributed by atoms with E-state index >= 15 is 0 Å². The van der Waals surface area contributed by atoms with Crippen molar-refractivity contribution in [2.24, 2.45) is 23.7 Å². The molecule has 0 bridgehead atoms. The fourth-order valence-electron chi connectivity index (χ4n) is 5.07. The molecule has 0 aromatic heterocycles. The molecule has 0 spiro atoms.